The van der Waals surface area contributed by atoms with Crippen LogP contribution < -0.4 is 4.74 Å². The van der Waals surface area contributed by atoms with Gasteiger partial charge in [0, 0.05) is 29.6 Å². The second kappa shape index (κ2) is 9.27. The largest absolute Gasteiger partial charge is 0.497 e. The Morgan fingerprint density at radius 3 is 2.61 bits per heavy atom. The van der Waals surface area contributed by atoms with Crippen molar-refractivity contribution in [1.29, 1.82) is 0 Å². The summed E-state index contributed by atoms with van der Waals surface area (Å²) in [6, 6.07) is 13.7. The number of benzene rings is 2. The Balaban J connectivity index is 1.47. The second-order valence-corrected chi connectivity index (χ2v) is 9.88. The van der Waals surface area contributed by atoms with Crippen LogP contribution in [0.1, 0.15) is 15.4 Å². The molecule has 1 aliphatic heterocycles. The van der Waals surface area contributed by atoms with E-state index in [1.165, 1.54) is 15.6 Å². The lowest BCUT2D eigenvalue weighted by Gasteiger charge is -2.26. The van der Waals surface area contributed by atoms with Crippen LogP contribution in [-0.2, 0) is 21.2 Å². The van der Waals surface area contributed by atoms with Crippen LogP contribution in [0.4, 0.5) is 0 Å². The van der Waals surface area contributed by atoms with Crippen molar-refractivity contribution in [3.05, 3.63) is 64.5 Å². The molecule has 162 valence electrons. The van der Waals surface area contributed by atoms with Gasteiger partial charge >= 0.3 is 0 Å². The summed E-state index contributed by atoms with van der Waals surface area (Å²) in [5.74, 6) is 0.601. The fourth-order valence-electron chi connectivity index (χ4n) is 3.29. The van der Waals surface area contributed by atoms with Gasteiger partial charge in [0.05, 0.1) is 37.3 Å². The molecule has 3 aromatic rings. The van der Waals surface area contributed by atoms with E-state index in [0.717, 1.165) is 5.56 Å². The lowest BCUT2D eigenvalue weighted by molar-refractivity contribution is 0.0730. The number of rotatable bonds is 7. The van der Waals surface area contributed by atoms with E-state index in [-0.39, 0.29) is 17.1 Å². The third-order valence-electron chi connectivity index (χ3n) is 5.01. The molecule has 1 aromatic heterocycles. The number of carbonyl (C=O) groups is 1. The van der Waals surface area contributed by atoms with Crippen LogP contribution in [0.3, 0.4) is 0 Å². The van der Waals surface area contributed by atoms with Crippen molar-refractivity contribution in [2.45, 2.75) is 11.3 Å². The van der Waals surface area contributed by atoms with Crippen LogP contribution in [-0.4, -0.2) is 56.9 Å². The van der Waals surface area contributed by atoms with Gasteiger partial charge in [-0.3, -0.25) is 4.79 Å². The molecule has 1 fully saturated rings. The van der Waals surface area contributed by atoms with Crippen molar-refractivity contribution in [2.24, 2.45) is 0 Å². The fourth-order valence-corrected chi connectivity index (χ4v) is 5.50. The molecule has 0 atom stereocenters. The number of hydrogen-bond acceptors (Lipinski definition) is 7. The molecular formula is C22H22N2O5S2. The summed E-state index contributed by atoms with van der Waals surface area (Å²) in [4.78, 5) is 17.4. The zero-order chi connectivity index (χ0) is 21.8. The number of ketones is 1. The summed E-state index contributed by atoms with van der Waals surface area (Å²) in [7, 11) is -1.96. The minimum absolute atomic E-state index is 0.0354. The molecule has 0 radical (unpaired) electrons. The van der Waals surface area contributed by atoms with E-state index in [2.05, 4.69) is 4.98 Å². The number of sulfonamides is 1. The average molecular weight is 459 g/mol. The van der Waals surface area contributed by atoms with Crippen molar-refractivity contribution >= 4 is 27.1 Å². The number of nitrogens with zero attached hydrogens (tertiary/aromatic N) is 2. The fraction of sp³-hybridized carbons (Fsp3) is 0.273. The maximum Gasteiger partial charge on any atom is 0.243 e. The molecule has 4 rings (SSSR count). The van der Waals surface area contributed by atoms with Crippen molar-refractivity contribution in [3.63, 3.8) is 0 Å². The van der Waals surface area contributed by atoms with Gasteiger partial charge in [-0.1, -0.05) is 24.3 Å². The Kier molecular flexibility index (Phi) is 6.47. The van der Waals surface area contributed by atoms with Crippen LogP contribution in [0.25, 0.3) is 11.3 Å². The van der Waals surface area contributed by atoms with Crippen LogP contribution in [0.15, 0.2) is 58.8 Å². The van der Waals surface area contributed by atoms with Crippen molar-refractivity contribution in [3.8, 4) is 17.0 Å². The second-order valence-electron chi connectivity index (χ2n) is 7.00. The van der Waals surface area contributed by atoms with Gasteiger partial charge in [0.15, 0.2) is 5.78 Å². The van der Waals surface area contributed by atoms with Gasteiger partial charge in [-0.05, 0) is 24.3 Å². The summed E-state index contributed by atoms with van der Waals surface area (Å²) in [6.45, 7) is 1.54. The number of carbonyl (C=O) groups excluding carboxylic acids is 1. The van der Waals surface area contributed by atoms with E-state index in [9.17, 15) is 13.2 Å². The summed E-state index contributed by atoms with van der Waals surface area (Å²) in [5.41, 5.74) is 2.10. The number of aromatic nitrogens is 1. The van der Waals surface area contributed by atoms with Gasteiger partial charge in [-0.2, -0.15) is 4.31 Å². The Hall–Kier alpha value is -2.59. The molecule has 1 aliphatic rings. The van der Waals surface area contributed by atoms with E-state index in [0.29, 0.717) is 48.3 Å². The Bertz CT molecular complexity index is 1170. The Morgan fingerprint density at radius 2 is 1.90 bits per heavy atom. The molecule has 7 nitrogen and oxygen atoms in total. The first-order valence-corrected chi connectivity index (χ1v) is 12.1. The summed E-state index contributed by atoms with van der Waals surface area (Å²) >= 11 is 1.41. The first-order valence-electron chi connectivity index (χ1n) is 9.77. The van der Waals surface area contributed by atoms with Crippen molar-refractivity contribution < 1.29 is 22.7 Å². The third-order valence-corrected chi connectivity index (χ3v) is 7.77. The highest BCUT2D eigenvalue weighted by molar-refractivity contribution is 7.89. The highest BCUT2D eigenvalue weighted by Crippen LogP contribution is 2.26. The van der Waals surface area contributed by atoms with Crippen molar-refractivity contribution in [2.75, 3.05) is 33.4 Å². The highest BCUT2D eigenvalue weighted by Gasteiger charge is 2.26. The van der Waals surface area contributed by atoms with Gasteiger partial charge in [0.1, 0.15) is 10.8 Å². The maximum atomic E-state index is 12.8. The summed E-state index contributed by atoms with van der Waals surface area (Å²) < 4.78 is 37.3. The number of thiazole rings is 1. The van der Waals surface area contributed by atoms with E-state index < -0.39 is 10.0 Å². The number of ether oxygens (including phenoxy) is 2. The predicted octanol–water partition coefficient (Wildman–Crippen LogP) is 3.27. The van der Waals surface area contributed by atoms with Gasteiger partial charge in [-0.25, -0.2) is 13.4 Å². The minimum Gasteiger partial charge on any atom is -0.497 e. The first kappa shape index (κ1) is 21.6. The van der Waals surface area contributed by atoms with E-state index in [1.54, 1.807) is 55.6 Å². The molecule has 2 heterocycles. The molecule has 0 N–H and O–H groups in total. The molecule has 0 bridgehead atoms. The molecule has 0 amide bonds. The standard InChI is InChI=1S/C22H22N2O5S2/c1-28-18-4-2-3-17(13-18)21(25)14-22-23-20(15-30-22)16-5-7-19(8-6-16)31(26,27)24-9-11-29-12-10-24/h2-8,13,15H,9-12,14H2,1H3. The number of Topliss-reactive ketones (excluding diaryl/α,β-unsaturated/α-hetero) is 1. The van der Waals surface area contributed by atoms with E-state index >= 15 is 0 Å². The quantitative estimate of drug-likeness (QED) is 0.505. The first-order chi connectivity index (χ1) is 15.0. The minimum atomic E-state index is -3.53. The van der Waals surface area contributed by atoms with E-state index in [1.807, 2.05) is 5.38 Å². The summed E-state index contributed by atoms with van der Waals surface area (Å²) in [6.07, 6.45) is 0.196. The molecular weight excluding hydrogens is 436 g/mol. The molecule has 1 saturated heterocycles. The number of methoxy groups -OCH3 is 1. The third kappa shape index (κ3) is 4.85. The van der Waals surface area contributed by atoms with Gasteiger partial charge in [0.2, 0.25) is 10.0 Å². The molecule has 0 spiro atoms. The van der Waals surface area contributed by atoms with Crippen LogP contribution in [0, 0.1) is 0 Å². The van der Waals surface area contributed by atoms with Crippen LogP contribution >= 0.6 is 11.3 Å². The van der Waals surface area contributed by atoms with Crippen LogP contribution in [0.5, 0.6) is 5.75 Å². The highest BCUT2D eigenvalue weighted by atomic mass is 32.2. The SMILES string of the molecule is COc1cccc(C(=O)Cc2nc(-c3ccc(S(=O)(=O)N4CCOCC4)cc3)cs2)c1. The zero-order valence-electron chi connectivity index (χ0n) is 17.0. The van der Waals surface area contributed by atoms with Gasteiger partial charge in [0.25, 0.3) is 0 Å². The van der Waals surface area contributed by atoms with Gasteiger partial charge in [-0.15, -0.1) is 11.3 Å². The molecule has 9 heteroatoms. The maximum absolute atomic E-state index is 12.8. The zero-order valence-corrected chi connectivity index (χ0v) is 18.6. The predicted molar refractivity (Wildman–Crippen MR) is 118 cm³/mol. The summed E-state index contributed by atoms with van der Waals surface area (Å²) in [5, 5.41) is 2.58. The number of morpholine rings is 1. The topological polar surface area (TPSA) is 85.8 Å². The molecule has 2 aromatic carbocycles. The monoisotopic (exact) mass is 458 g/mol. The molecule has 31 heavy (non-hydrogen) atoms. The lowest BCUT2D eigenvalue weighted by atomic mass is 10.1. The molecule has 0 unspecified atom stereocenters. The van der Waals surface area contributed by atoms with Crippen molar-refractivity contribution in [1.82, 2.24) is 9.29 Å². The normalized spacial score (nSPS) is 15.0. The molecule has 0 saturated carbocycles. The lowest BCUT2D eigenvalue weighted by Crippen LogP contribution is -2.40. The van der Waals surface area contributed by atoms with Crippen LogP contribution in [0.2, 0.25) is 0 Å². The van der Waals surface area contributed by atoms with E-state index in [4.69, 9.17) is 9.47 Å². The number of hydrogen-bond donors (Lipinski definition) is 0. The average Bonchev–Trinajstić information content (AvgIpc) is 3.28. The van der Waals surface area contributed by atoms with Gasteiger partial charge < -0.3 is 9.47 Å². The smallest absolute Gasteiger partial charge is 0.243 e. The Labute approximate surface area is 185 Å². The molecule has 0 aliphatic carbocycles. The Morgan fingerprint density at radius 1 is 1.16 bits per heavy atom.